The van der Waals surface area contributed by atoms with Crippen LogP contribution in [0.15, 0.2) is 52.5 Å². The zero-order chi connectivity index (χ0) is 15.5. The third-order valence-corrected chi connectivity index (χ3v) is 4.42. The number of aryl methyl sites for hydroxylation is 2. The Morgan fingerprint density at radius 3 is 2.38 bits per heavy atom. The summed E-state index contributed by atoms with van der Waals surface area (Å²) < 4.78 is 24.0. The van der Waals surface area contributed by atoms with Crippen LogP contribution in [0, 0.1) is 13.8 Å². The molecule has 0 saturated heterocycles. The van der Waals surface area contributed by atoms with Gasteiger partial charge in [0.1, 0.15) is 0 Å². The highest BCUT2D eigenvalue weighted by Gasteiger charge is 2.11. The van der Waals surface area contributed by atoms with E-state index in [1.165, 1.54) is 30.5 Å². The number of benzene rings is 2. The monoisotopic (exact) mass is 322 g/mol. The van der Waals surface area contributed by atoms with Crippen molar-refractivity contribution in [3.8, 4) is 0 Å². The second-order valence-corrected chi connectivity index (χ2v) is 6.76. The van der Waals surface area contributed by atoms with Crippen molar-refractivity contribution in [2.24, 2.45) is 5.10 Å². The zero-order valence-corrected chi connectivity index (χ0v) is 13.2. The summed E-state index contributed by atoms with van der Waals surface area (Å²) in [5.41, 5.74) is 3.04. The molecular formula is C15H15ClN2O2S. The lowest BCUT2D eigenvalue weighted by Gasteiger charge is -2.04. The first-order chi connectivity index (χ1) is 9.88. The van der Waals surface area contributed by atoms with Gasteiger partial charge in [-0.2, -0.15) is 13.5 Å². The van der Waals surface area contributed by atoms with Crippen molar-refractivity contribution in [1.82, 2.24) is 4.83 Å². The number of hydrogen-bond acceptors (Lipinski definition) is 3. The predicted octanol–water partition coefficient (Wildman–Crippen LogP) is 3.27. The van der Waals surface area contributed by atoms with E-state index >= 15 is 0 Å². The van der Waals surface area contributed by atoms with Crippen molar-refractivity contribution < 1.29 is 8.42 Å². The number of hydrogen-bond donors (Lipinski definition) is 1. The second-order valence-electron chi connectivity index (χ2n) is 4.67. The first-order valence-electron chi connectivity index (χ1n) is 6.26. The summed E-state index contributed by atoms with van der Waals surface area (Å²) in [6.45, 7) is 3.94. The lowest BCUT2D eigenvalue weighted by atomic mass is 10.1. The third-order valence-electron chi connectivity index (χ3n) is 2.93. The lowest BCUT2D eigenvalue weighted by Crippen LogP contribution is -2.18. The summed E-state index contributed by atoms with van der Waals surface area (Å²) in [4.78, 5) is 2.30. The second kappa shape index (κ2) is 6.28. The van der Waals surface area contributed by atoms with Crippen LogP contribution < -0.4 is 4.83 Å². The Bertz CT molecular complexity index is 769. The molecular weight excluding hydrogens is 308 g/mol. The molecule has 0 amide bonds. The van der Waals surface area contributed by atoms with E-state index in [0.29, 0.717) is 5.02 Å². The van der Waals surface area contributed by atoms with E-state index in [4.69, 9.17) is 11.6 Å². The highest BCUT2D eigenvalue weighted by atomic mass is 35.5. The lowest BCUT2D eigenvalue weighted by molar-refractivity contribution is 0.584. The molecule has 0 spiro atoms. The minimum atomic E-state index is -3.67. The van der Waals surface area contributed by atoms with Gasteiger partial charge in [0.05, 0.1) is 11.1 Å². The fraction of sp³-hybridized carbons (Fsp3) is 0.133. The zero-order valence-electron chi connectivity index (χ0n) is 11.7. The van der Waals surface area contributed by atoms with E-state index in [9.17, 15) is 8.42 Å². The molecule has 4 nitrogen and oxygen atoms in total. The quantitative estimate of drug-likeness (QED) is 0.693. The molecule has 0 aliphatic heterocycles. The molecule has 1 N–H and O–H groups in total. The normalized spacial score (nSPS) is 11.8. The largest absolute Gasteiger partial charge is 0.276 e. The van der Waals surface area contributed by atoms with Gasteiger partial charge in [-0.15, -0.1) is 0 Å². The van der Waals surface area contributed by atoms with E-state index in [1.54, 1.807) is 0 Å². The van der Waals surface area contributed by atoms with E-state index in [0.717, 1.165) is 16.7 Å². The number of halogens is 1. The standard InChI is InChI=1S/C15H15ClN2O2S/c1-11-3-4-13(12(2)9-11)10-17-18-21(19,20)15-7-5-14(16)6-8-15/h3-10,18H,1-2H3/b17-10+. The topological polar surface area (TPSA) is 58.5 Å². The molecule has 0 radical (unpaired) electrons. The molecule has 0 heterocycles. The molecule has 0 saturated carbocycles. The van der Waals surface area contributed by atoms with Crippen LogP contribution in [0.25, 0.3) is 0 Å². The minimum absolute atomic E-state index is 0.115. The maximum atomic E-state index is 12.0. The van der Waals surface area contributed by atoms with Gasteiger partial charge in [-0.25, -0.2) is 4.83 Å². The number of hydrazone groups is 1. The molecule has 110 valence electrons. The molecule has 0 bridgehead atoms. The van der Waals surface area contributed by atoms with Crippen molar-refractivity contribution in [3.63, 3.8) is 0 Å². The number of sulfonamides is 1. The van der Waals surface area contributed by atoms with Gasteiger partial charge in [-0.1, -0.05) is 35.4 Å². The van der Waals surface area contributed by atoms with Gasteiger partial charge in [-0.3, -0.25) is 0 Å². The van der Waals surface area contributed by atoms with Gasteiger partial charge in [0.2, 0.25) is 0 Å². The number of nitrogens with zero attached hydrogens (tertiary/aromatic N) is 1. The number of rotatable bonds is 4. The average Bonchev–Trinajstić information content (AvgIpc) is 2.41. The van der Waals surface area contributed by atoms with Gasteiger partial charge in [0.15, 0.2) is 0 Å². The summed E-state index contributed by atoms with van der Waals surface area (Å²) in [6.07, 6.45) is 1.49. The Morgan fingerprint density at radius 1 is 1.10 bits per heavy atom. The fourth-order valence-corrected chi connectivity index (χ4v) is 2.72. The van der Waals surface area contributed by atoms with Crippen LogP contribution in [0.3, 0.4) is 0 Å². The van der Waals surface area contributed by atoms with Crippen LogP contribution in [0.1, 0.15) is 16.7 Å². The smallest absolute Gasteiger partial charge is 0.200 e. The molecule has 0 fully saturated rings. The molecule has 2 rings (SSSR count). The van der Waals surface area contributed by atoms with Crippen molar-refractivity contribution in [3.05, 3.63) is 64.2 Å². The van der Waals surface area contributed by atoms with Crippen LogP contribution in [0.2, 0.25) is 5.02 Å². The molecule has 0 aliphatic rings. The van der Waals surface area contributed by atoms with Gasteiger partial charge in [0.25, 0.3) is 10.0 Å². The van der Waals surface area contributed by atoms with E-state index in [1.807, 2.05) is 32.0 Å². The maximum absolute atomic E-state index is 12.0. The van der Waals surface area contributed by atoms with Gasteiger partial charge in [-0.05, 0) is 49.2 Å². The maximum Gasteiger partial charge on any atom is 0.276 e. The van der Waals surface area contributed by atoms with Crippen LogP contribution in [-0.4, -0.2) is 14.6 Å². The Kier molecular flexibility index (Phi) is 4.65. The average molecular weight is 323 g/mol. The van der Waals surface area contributed by atoms with Gasteiger partial charge in [0, 0.05) is 5.02 Å². The molecule has 0 unspecified atom stereocenters. The highest BCUT2D eigenvalue weighted by molar-refractivity contribution is 7.89. The molecule has 0 aliphatic carbocycles. The molecule has 6 heteroatoms. The third kappa shape index (κ3) is 4.06. The van der Waals surface area contributed by atoms with Gasteiger partial charge >= 0.3 is 0 Å². The Hall–Kier alpha value is -1.85. The molecule has 0 atom stereocenters. The SMILES string of the molecule is Cc1ccc(/C=N/NS(=O)(=O)c2ccc(Cl)cc2)c(C)c1. The highest BCUT2D eigenvalue weighted by Crippen LogP contribution is 2.14. The summed E-state index contributed by atoms with van der Waals surface area (Å²) in [7, 11) is -3.67. The summed E-state index contributed by atoms with van der Waals surface area (Å²) in [5, 5.41) is 4.29. The van der Waals surface area contributed by atoms with Crippen molar-refractivity contribution in [2.75, 3.05) is 0 Å². The summed E-state index contributed by atoms with van der Waals surface area (Å²) in [5.74, 6) is 0. The van der Waals surface area contributed by atoms with E-state index < -0.39 is 10.0 Å². The predicted molar refractivity (Wildman–Crippen MR) is 85.3 cm³/mol. The Labute approximate surface area is 129 Å². The molecule has 2 aromatic rings. The molecule has 0 aromatic heterocycles. The van der Waals surface area contributed by atoms with Crippen LogP contribution >= 0.6 is 11.6 Å². The van der Waals surface area contributed by atoms with Crippen LogP contribution in [-0.2, 0) is 10.0 Å². The number of nitrogens with one attached hydrogen (secondary N) is 1. The van der Waals surface area contributed by atoms with E-state index in [2.05, 4.69) is 9.93 Å². The van der Waals surface area contributed by atoms with Crippen LogP contribution in [0.5, 0.6) is 0 Å². The summed E-state index contributed by atoms with van der Waals surface area (Å²) >= 11 is 5.73. The Balaban J connectivity index is 2.14. The first-order valence-corrected chi connectivity index (χ1v) is 8.12. The fourth-order valence-electron chi connectivity index (χ4n) is 1.80. The summed E-state index contributed by atoms with van der Waals surface area (Å²) in [6, 6.07) is 11.7. The van der Waals surface area contributed by atoms with Crippen LogP contribution in [0.4, 0.5) is 0 Å². The molecule has 21 heavy (non-hydrogen) atoms. The Morgan fingerprint density at radius 2 is 1.76 bits per heavy atom. The first kappa shape index (κ1) is 15.5. The van der Waals surface area contributed by atoms with Crippen molar-refractivity contribution >= 4 is 27.8 Å². The van der Waals surface area contributed by atoms with Crippen molar-refractivity contribution in [1.29, 1.82) is 0 Å². The minimum Gasteiger partial charge on any atom is -0.200 e. The van der Waals surface area contributed by atoms with Crippen molar-refractivity contribution in [2.45, 2.75) is 18.7 Å². The van der Waals surface area contributed by atoms with E-state index in [-0.39, 0.29) is 4.90 Å². The van der Waals surface area contributed by atoms with Gasteiger partial charge < -0.3 is 0 Å². The molecule has 2 aromatic carbocycles.